The van der Waals surface area contributed by atoms with Crippen LogP contribution in [0.1, 0.15) is 45.4 Å². The van der Waals surface area contributed by atoms with Crippen molar-refractivity contribution in [1.82, 2.24) is 0 Å². The van der Waals surface area contributed by atoms with E-state index in [1.807, 2.05) is 0 Å². The van der Waals surface area contributed by atoms with Crippen molar-refractivity contribution in [1.29, 1.82) is 0 Å². The Kier molecular flexibility index (Phi) is 10.9. The van der Waals surface area contributed by atoms with Crippen molar-refractivity contribution in [2.45, 2.75) is 45.4 Å². The molecular formula is C10H19I. The molecule has 0 atom stereocenters. The van der Waals surface area contributed by atoms with E-state index in [4.69, 9.17) is 0 Å². The Morgan fingerprint density at radius 3 is 2.27 bits per heavy atom. The van der Waals surface area contributed by atoms with Crippen LogP contribution in [0.25, 0.3) is 0 Å². The second-order valence-electron chi connectivity index (χ2n) is 2.81. The second-order valence-corrected chi connectivity index (χ2v) is 3.89. The van der Waals surface area contributed by atoms with Crippen molar-refractivity contribution in [3.05, 3.63) is 12.2 Å². The standard InChI is InChI=1S/C10H19I/c1-2-3-4-5-6-7-8-9-10-11/h2-3H,4-10H2,1H3/b3-2+. The molecule has 0 nitrogen and oxygen atoms in total. The van der Waals surface area contributed by atoms with E-state index in [1.165, 1.54) is 43.0 Å². The molecule has 0 N–H and O–H groups in total. The molecule has 0 fully saturated rings. The normalized spacial score (nSPS) is 11.1. The van der Waals surface area contributed by atoms with Gasteiger partial charge in [-0.2, -0.15) is 0 Å². The van der Waals surface area contributed by atoms with Gasteiger partial charge in [0, 0.05) is 0 Å². The first-order chi connectivity index (χ1) is 5.41. The summed E-state index contributed by atoms with van der Waals surface area (Å²) in [6.45, 7) is 2.09. The Balaban J connectivity index is 2.79. The molecule has 0 rings (SSSR count). The monoisotopic (exact) mass is 266 g/mol. The molecule has 0 unspecified atom stereocenters. The predicted molar refractivity (Wildman–Crippen MR) is 61.4 cm³/mol. The summed E-state index contributed by atoms with van der Waals surface area (Å²) in [5.41, 5.74) is 0. The fourth-order valence-corrected chi connectivity index (χ4v) is 1.59. The van der Waals surface area contributed by atoms with Gasteiger partial charge >= 0.3 is 0 Å². The minimum absolute atomic E-state index is 1.28. The lowest BCUT2D eigenvalue weighted by Crippen LogP contribution is -1.78. The molecule has 0 amide bonds. The summed E-state index contributed by atoms with van der Waals surface area (Å²) in [6.07, 6.45) is 12.7. The fraction of sp³-hybridized carbons (Fsp3) is 0.800. The highest BCUT2D eigenvalue weighted by Gasteiger charge is 1.87. The van der Waals surface area contributed by atoms with Crippen molar-refractivity contribution in [3.63, 3.8) is 0 Å². The third-order valence-corrected chi connectivity index (χ3v) is 2.50. The van der Waals surface area contributed by atoms with Crippen molar-refractivity contribution >= 4 is 22.6 Å². The van der Waals surface area contributed by atoms with Gasteiger partial charge in [0.2, 0.25) is 0 Å². The van der Waals surface area contributed by atoms with Gasteiger partial charge in [0.25, 0.3) is 0 Å². The SMILES string of the molecule is C/C=C/CCCCCCCI. The molecule has 0 radical (unpaired) electrons. The van der Waals surface area contributed by atoms with Crippen molar-refractivity contribution in [2.75, 3.05) is 4.43 Å². The summed E-state index contributed by atoms with van der Waals surface area (Å²) in [4.78, 5) is 0. The van der Waals surface area contributed by atoms with Gasteiger partial charge in [-0.15, -0.1) is 0 Å². The zero-order valence-electron chi connectivity index (χ0n) is 7.48. The zero-order valence-corrected chi connectivity index (χ0v) is 9.64. The average Bonchev–Trinajstić information content (AvgIpc) is 2.03. The zero-order chi connectivity index (χ0) is 8.36. The minimum Gasteiger partial charge on any atom is -0.0917 e. The van der Waals surface area contributed by atoms with Gasteiger partial charge in [-0.05, 0) is 30.6 Å². The highest BCUT2D eigenvalue weighted by molar-refractivity contribution is 14.1. The Bertz CT molecular complexity index is 86.9. The molecule has 0 heterocycles. The van der Waals surface area contributed by atoms with Crippen LogP contribution in [0, 0.1) is 0 Å². The second kappa shape index (κ2) is 10.5. The first kappa shape index (κ1) is 11.5. The highest BCUT2D eigenvalue weighted by atomic mass is 127. The lowest BCUT2D eigenvalue weighted by atomic mass is 10.1. The molecule has 11 heavy (non-hydrogen) atoms. The van der Waals surface area contributed by atoms with Crippen LogP contribution in [0.2, 0.25) is 0 Å². The molecule has 0 bridgehead atoms. The summed E-state index contributed by atoms with van der Waals surface area (Å²) >= 11 is 2.45. The van der Waals surface area contributed by atoms with Gasteiger partial charge in [-0.1, -0.05) is 54.0 Å². The number of hydrogen-bond donors (Lipinski definition) is 0. The largest absolute Gasteiger partial charge is 0.0917 e. The molecule has 0 spiro atoms. The van der Waals surface area contributed by atoms with Gasteiger partial charge in [0.1, 0.15) is 0 Å². The van der Waals surface area contributed by atoms with Crippen molar-refractivity contribution < 1.29 is 0 Å². The number of halogens is 1. The van der Waals surface area contributed by atoms with E-state index in [0.717, 1.165) is 0 Å². The van der Waals surface area contributed by atoms with E-state index < -0.39 is 0 Å². The minimum atomic E-state index is 1.28. The summed E-state index contributed by atoms with van der Waals surface area (Å²) < 4.78 is 1.33. The molecule has 0 saturated heterocycles. The Morgan fingerprint density at radius 2 is 1.64 bits per heavy atom. The Hall–Kier alpha value is 0.470. The third-order valence-electron chi connectivity index (χ3n) is 1.74. The van der Waals surface area contributed by atoms with Gasteiger partial charge in [-0.3, -0.25) is 0 Å². The number of hydrogen-bond acceptors (Lipinski definition) is 0. The summed E-state index contributed by atoms with van der Waals surface area (Å²) in [5.74, 6) is 0. The van der Waals surface area contributed by atoms with Crippen LogP contribution < -0.4 is 0 Å². The maximum atomic E-state index is 2.45. The number of alkyl halides is 1. The van der Waals surface area contributed by atoms with E-state index in [-0.39, 0.29) is 0 Å². The van der Waals surface area contributed by atoms with Crippen LogP contribution >= 0.6 is 22.6 Å². The maximum Gasteiger partial charge on any atom is -0.000473 e. The fourth-order valence-electron chi connectivity index (χ4n) is 1.05. The molecule has 0 aliphatic heterocycles. The third kappa shape index (κ3) is 10.5. The first-order valence-electron chi connectivity index (χ1n) is 4.59. The summed E-state index contributed by atoms with van der Waals surface area (Å²) in [7, 11) is 0. The van der Waals surface area contributed by atoms with Gasteiger partial charge in [0.15, 0.2) is 0 Å². The maximum absolute atomic E-state index is 2.45. The summed E-state index contributed by atoms with van der Waals surface area (Å²) in [5, 5.41) is 0. The highest BCUT2D eigenvalue weighted by Crippen LogP contribution is 2.06. The molecule has 0 aromatic carbocycles. The van der Waals surface area contributed by atoms with Crippen LogP contribution in [0.5, 0.6) is 0 Å². The smallest absolute Gasteiger partial charge is 0.000473 e. The van der Waals surface area contributed by atoms with Gasteiger partial charge < -0.3 is 0 Å². The van der Waals surface area contributed by atoms with Crippen molar-refractivity contribution in [3.8, 4) is 0 Å². The lowest BCUT2D eigenvalue weighted by Gasteiger charge is -1.96. The van der Waals surface area contributed by atoms with E-state index in [0.29, 0.717) is 0 Å². The summed E-state index contributed by atoms with van der Waals surface area (Å²) in [6, 6.07) is 0. The molecule has 0 aliphatic rings. The van der Waals surface area contributed by atoms with Gasteiger partial charge in [-0.25, -0.2) is 0 Å². The van der Waals surface area contributed by atoms with Crippen LogP contribution in [-0.2, 0) is 0 Å². The predicted octanol–water partition coefficient (Wildman–Crippen LogP) is 4.34. The van der Waals surface area contributed by atoms with Crippen molar-refractivity contribution in [2.24, 2.45) is 0 Å². The molecule has 1 heteroatoms. The number of rotatable bonds is 7. The number of unbranched alkanes of at least 4 members (excludes halogenated alkanes) is 5. The average molecular weight is 266 g/mol. The molecule has 0 aromatic rings. The van der Waals surface area contributed by atoms with E-state index in [1.54, 1.807) is 0 Å². The lowest BCUT2D eigenvalue weighted by molar-refractivity contribution is 0.642. The molecule has 66 valence electrons. The van der Waals surface area contributed by atoms with E-state index in [2.05, 4.69) is 41.7 Å². The Labute approximate surface area is 84.6 Å². The first-order valence-corrected chi connectivity index (χ1v) is 6.11. The van der Waals surface area contributed by atoms with Gasteiger partial charge in [0.05, 0.1) is 0 Å². The van der Waals surface area contributed by atoms with E-state index in [9.17, 15) is 0 Å². The van der Waals surface area contributed by atoms with Crippen LogP contribution in [0.15, 0.2) is 12.2 Å². The topological polar surface area (TPSA) is 0 Å². The number of allylic oxidation sites excluding steroid dienone is 2. The van der Waals surface area contributed by atoms with Crippen LogP contribution in [-0.4, -0.2) is 4.43 Å². The van der Waals surface area contributed by atoms with Crippen LogP contribution in [0.4, 0.5) is 0 Å². The quantitative estimate of drug-likeness (QED) is 0.278. The van der Waals surface area contributed by atoms with E-state index >= 15 is 0 Å². The van der Waals surface area contributed by atoms with Crippen LogP contribution in [0.3, 0.4) is 0 Å². The molecule has 0 saturated carbocycles. The molecule has 0 aromatic heterocycles. The molecule has 0 aliphatic carbocycles. The molecular weight excluding hydrogens is 247 g/mol. The Morgan fingerprint density at radius 1 is 1.00 bits per heavy atom.